The zero-order valence-electron chi connectivity index (χ0n) is 13.9. The normalized spacial score (nSPS) is 31.0. The zero-order valence-corrected chi connectivity index (χ0v) is 13.9. The quantitative estimate of drug-likeness (QED) is 0.837. The van der Waals surface area contributed by atoms with E-state index in [0.717, 1.165) is 0 Å². The highest BCUT2D eigenvalue weighted by Gasteiger charge is 2.59. The molecule has 0 amide bonds. The molecule has 5 nitrogen and oxygen atoms in total. The van der Waals surface area contributed by atoms with Crippen LogP contribution in [0, 0.1) is 21.7 Å². The molecular formula is C16H28O5. The molecule has 0 aromatic heterocycles. The van der Waals surface area contributed by atoms with Crippen molar-refractivity contribution in [2.45, 2.75) is 54.4 Å². The molecule has 1 saturated heterocycles. The molecule has 1 aliphatic heterocycles. The van der Waals surface area contributed by atoms with Crippen molar-refractivity contribution in [2.75, 3.05) is 13.2 Å². The van der Waals surface area contributed by atoms with Crippen LogP contribution < -0.4 is 0 Å². The number of aliphatic carboxylic acids is 2. The van der Waals surface area contributed by atoms with Crippen molar-refractivity contribution in [2.24, 2.45) is 21.7 Å². The van der Waals surface area contributed by atoms with Crippen LogP contribution >= 0.6 is 0 Å². The summed E-state index contributed by atoms with van der Waals surface area (Å²) in [5.41, 5.74) is -3.14. The summed E-state index contributed by atoms with van der Waals surface area (Å²) in [5.74, 6) is -1.94. The van der Waals surface area contributed by atoms with E-state index < -0.39 is 28.2 Å². The van der Waals surface area contributed by atoms with Gasteiger partial charge in [0.05, 0.1) is 24.0 Å². The third kappa shape index (κ3) is 3.39. The Hall–Kier alpha value is -1.10. The Kier molecular flexibility index (Phi) is 4.50. The molecule has 2 N–H and O–H groups in total. The molecule has 0 aromatic rings. The first-order valence-electron chi connectivity index (χ1n) is 7.30. The van der Waals surface area contributed by atoms with E-state index in [1.165, 1.54) is 0 Å². The van der Waals surface area contributed by atoms with Crippen LogP contribution in [0.3, 0.4) is 0 Å². The van der Waals surface area contributed by atoms with Crippen molar-refractivity contribution in [3.05, 3.63) is 0 Å². The monoisotopic (exact) mass is 300 g/mol. The molecule has 0 bridgehead atoms. The molecule has 1 rings (SSSR count). The van der Waals surface area contributed by atoms with Crippen molar-refractivity contribution < 1.29 is 24.5 Å². The van der Waals surface area contributed by atoms with Crippen LogP contribution in [0.25, 0.3) is 0 Å². The van der Waals surface area contributed by atoms with Gasteiger partial charge in [-0.05, 0) is 23.7 Å². The van der Waals surface area contributed by atoms with Gasteiger partial charge in [0.25, 0.3) is 0 Å². The van der Waals surface area contributed by atoms with Gasteiger partial charge in [0, 0.05) is 0 Å². The van der Waals surface area contributed by atoms with Crippen LogP contribution in [0.15, 0.2) is 0 Å². The Morgan fingerprint density at radius 2 is 1.52 bits per heavy atom. The standard InChI is InChI=1S/C16H28O5/c1-13(2,3)7-15(11(17)18)8-16(12(19)20,10-21-9-15)14(4,5)6/h7-10H2,1-6H3,(H,17,18)(H,19,20). The van der Waals surface area contributed by atoms with Crippen molar-refractivity contribution in [1.82, 2.24) is 0 Å². The van der Waals surface area contributed by atoms with E-state index in [4.69, 9.17) is 4.74 Å². The first-order valence-corrected chi connectivity index (χ1v) is 7.30. The van der Waals surface area contributed by atoms with Gasteiger partial charge in [-0.25, -0.2) is 0 Å². The Morgan fingerprint density at radius 1 is 1.00 bits per heavy atom. The third-order valence-electron chi connectivity index (χ3n) is 4.53. The van der Waals surface area contributed by atoms with Crippen molar-refractivity contribution in [3.63, 3.8) is 0 Å². The van der Waals surface area contributed by atoms with E-state index in [2.05, 4.69) is 0 Å². The van der Waals surface area contributed by atoms with Gasteiger partial charge < -0.3 is 14.9 Å². The van der Waals surface area contributed by atoms with E-state index in [1.807, 2.05) is 41.5 Å². The molecule has 1 fully saturated rings. The number of rotatable bonds is 3. The molecule has 0 saturated carbocycles. The van der Waals surface area contributed by atoms with Crippen molar-refractivity contribution >= 4 is 11.9 Å². The fraction of sp³-hybridized carbons (Fsp3) is 0.875. The molecule has 1 aliphatic rings. The predicted octanol–water partition coefficient (Wildman–Crippen LogP) is 3.03. The summed E-state index contributed by atoms with van der Waals surface area (Å²) in [6.07, 6.45) is 0.492. The average Bonchev–Trinajstić information content (AvgIpc) is 2.24. The van der Waals surface area contributed by atoms with Crippen LogP contribution in [0.2, 0.25) is 0 Å². The van der Waals surface area contributed by atoms with E-state index >= 15 is 0 Å². The van der Waals surface area contributed by atoms with Gasteiger partial charge in [0.15, 0.2) is 0 Å². The van der Waals surface area contributed by atoms with E-state index in [1.54, 1.807) is 0 Å². The lowest BCUT2D eigenvalue weighted by atomic mass is 9.56. The number of carboxylic acid groups (broad SMARTS) is 2. The predicted molar refractivity (Wildman–Crippen MR) is 79.1 cm³/mol. The van der Waals surface area contributed by atoms with Gasteiger partial charge in [-0.1, -0.05) is 41.5 Å². The Morgan fingerprint density at radius 3 is 1.86 bits per heavy atom. The minimum Gasteiger partial charge on any atom is -0.481 e. The van der Waals surface area contributed by atoms with Crippen LogP contribution in [0.1, 0.15) is 54.4 Å². The molecule has 2 atom stereocenters. The largest absolute Gasteiger partial charge is 0.481 e. The Balaban J connectivity index is 3.31. The Labute approximate surface area is 126 Å². The van der Waals surface area contributed by atoms with Crippen molar-refractivity contribution in [1.29, 1.82) is 0 Å². The maximum Gasteiger partial charge on any atom is 0.312 e. The summed E-state index contributed by atoms with van der Waals surface area (Å²) in [7, 11) is 0. The lowest BCUT2D eigenvalue weighted by molar-refractivity contribution is -0.196. The van der Waals surface area contributed by atoms with Crippen LogP contribution in [-0.2, 0) is 14.3 Å². The van der Waals surface area contributed by atoms with Gasteiger partial charge in [-0.2, -0.15) is 0 Å². The fourth-order valence-electron chi connectivity index (χ4n) is 3.38. The summed E-state index contributed by atoms with van der Waals surface area (Å²) < 4.78 is 5.53. The van der Waals surface area contributed by atoms with Gasteiger partial charge in [-0.3, -0.25) is 9.59 Å². The zero-order chi connectivity index (χ0) is 16.7. The highest BCUT2D eigenvalue weighted by molar-refractivity contribution is 5.80. The second kappa shape index (κ2) is 5.27. The van der Waals surface area contributed by atoms with Gasteiger partial charge in [0.2, 0.25) is 0 Å². The third-order valence-corrected chi connectivity index (χ3v) is 4.53. The Bertz CT molecular complexity index is 429. The number of carbonyl (C=O) groups is 2. The first-order chi connectivity index (χ1) is 9.26. The highest BCUT2D eigenvalue weighted by atomic mass is 16.5. The summed E-state index contributed by atoms with van der Waals surface area (Å²) in [5, 5.41) is 19.5. The minimum absolute atomic E-state index is 0.0605. The minimum atomic E-state index is -1.19. The van der Waals surface area contributed by atoms with E-state index in [0.29, 0.717) is 6.42 Å². The van der Waals surface area contributed by atoms with Gasteiger partial charge in [-0.15, -0.1) is 0 Å². The van der Waals surface area contributed by atoms with E-state index in [9.17, 15) is 19.8 Å². The SMILES string of the molecule is CC(C)(C)CC1(C(=O)O)COCC(C(=O)O)(C(C)(C)C)C1. The van der Waals surface area contributed by atoms with Crippen LogP contribution in [0.4, 0.5) is 0 Å². The molecule has 0 radical (unpaired) electrons. The molecule has 2 unspecified atom stereocenters. The maximum absolute atomic E-state index is 11.9. The second-order valence-corrected chi connectivity index (χ2v) is 8.63. The number of hydrogen-bond donors (Lipinski definition) is 2. The second-order valence-electron chi connectivity index (χ2n) is 8.63. The van der Waals surface area contributed by atoms with Crippen LogP contribution in [0.5, 0.6) is 0 Å². The highest BCUT2D eigenvalue weighted by Crippen LogP contribution is 2.53. The summed E-state index contributed by atoms with van der Waals surface area (Å²) >= 11 is 0. The average molecular weight is 300 g/mol. The van der Waals surface area contributed by atoms with Crippen LogP contribution in [-0.4, -0.2) is 35.4 Å². The van der Waals surface area contributed by atoms with Gasteiger partial charge in [0.1, 0.15) is 0 Å². The lowest BCUT2D eigenvalue weighted by Gasteiger charge is -2.50. The first kappa shape index (κ1) is 18.0. The lowest BCUT2D eigenvalue weighted by Crippen LogP contribution is -2.57. The maximum atomic E-state index is 11.9. The van der Waals surface area contributed by atoms with Gasteiger partial charge >= 0.3 is 11.9 Å². The fourth-order valence-corrected chi connectivity index (χ4v) is 3.38. The molecule has 0 aliphatic carbocycles. The topological polar surface area (TPSA) is 83.8 Å². The molecule has 0 aromatic carbocycles. The van der Waals surface area contributed by atoms with E-state index in [-0.39, 0.29) is 25.0 Å². The molecule has 5 heteroatoms. The summed E-state index contributed by atoms with van der Waals surface area (Å²) in [6, 6.07) is 0. The number of hydrogen-bond acceptors (Lipinski definition) is 3. The molecule has 21 heavy (non-hydrogen) atoms. The van der Waals surface area contributed by atoms with Crippen molar-refractivity contribution in [3.8, 4) is 0 Å². The summed E-state index contributed by atoms with van der Waals surface area (Å²) in [4.78, 5) is 23.8. The molecular weight excluding hydrogens is 272 g/mol. The number of carboxylic acids is 2. The molecule has 1 heterocycles. The molecule has 122 valence electrons. The summed E-state index contributed by atoms with van der Waals surface area (Å²) in [6.45, 7) is 11.5. The smallest absolute Gasteiger partial charge is 0.312 e. The molecule has 0 spiro atoms. The number of ether oxygens (including phenoxy) is 1.